The Balaban J connectivity index is 2.71. The Kier molecular flexibility index (Phi) is 2.41. The summed E-state index contributed by atoms with van der Waals surface area (Å²) in [6.07, 6.45) is 2.77. The second kappa shape index (κ2) is 3.32. The maximum absolute atomic E-state index is 5.46. The first-order chi connectivity index (χ1) is 5.18. The van der Waals surface area contributed by atoms with E-state index in [2.05, 4.69) is 24.0 Å². The molecule has 0 bridgehead atoms. The van der Waals surface area contributed by atoms with Crippen LogP contribution < -0.4 is 5.73 Å². The fourth-order valence-corrected chi connectivity index (χ4v) is 1.01. The molecular formula is C8H13N3. The van der Waals surface area contributed by atoms with Crippen LogP contribution in [0.3, 0.4) is 0 Å². The summed E-state index contributed by atoms with van der Waals surface area (Å²) in [5, 5.41) is 7.44. The summed E-state index contributed by atoms with van der Waals surface area (Å²) in [4.78, 5) is 0. The van der Waals surface area contributed by atoms with Crippen molar-refractivity contribution in [2.45, 2.75) is 20.3 Å². The quantitative estimate of drug-likeness (QED) is 0.692. The third-order valence-electron chi connectivity index (χ3n) is 1.37. The number of nitrogens with zero attached hydrogens (tertiary/aromatic N) is 2. The van der Waals surface area contributed by atoms with E-state index in [9.17, 15) is 0 Å². The minimum Gasteiger partial charge on any atom is -0.382 e. The number of hydrogen-bond acceptors (Lipinski definition) is 3. The van der Waals surface area contributed by atoms with E-state index in [0.717, 1.165) is 12.0 Å². The Bertz CT molecular complexity index is 233. The van der Waals surface area contributed by atoms with Crippen LogP contribution in [-0.4, -0.2) is 10.2 Å². The van der Waals surface area contributed by atoms with Crippen molar-refractivity contribution in [1.82, 2.24) is 10.2 Å². The van der Waals surface area contributed by atoms with Crippen LogP contribution >= 0.6 is 0 Å². The highest BCUT2D eigenvalue weighted by Gasteiger charge is 1.98. The molecule has 0 amide bonds. The van der Waals surface area contributed by atoms with Gasteiger partial charge in [-0.3, -0.25) is 0 Å². The summed E-state index contributed by atoms with van der Waals surface area (Å²) >= 11 is 0. The van der Waals surface area contributed by atoms with E-state index in [1.54, 1.807) is 6.20 Å². The van der Waals surface area contributed by atoms with Crippen molar-refractivity contribution in [2.24, 2.45) is 5.92 Å². The molecule has 0 aliphatic heterocycles. The molecule has 0 aromatic carbocycles. The Labute approximate surface area is 66.6 Å². The number of nitrogen functional groups attached to an aromatic ring is 1. The SMILES string of the molecule is CC(C)Cc1cnnc(N)c1. The second-order valence-corrected chi connectivity index (χ2v) is 3.09. The van der Waals surface area contributed by atoms with E-state index < -0.39 is 0 Å². The van der Waals surface area contributed by atoms with Crippen molar-refractivity contribution in [1.29, 1.82) is 0 Å². The lowest BCUT2D eigenvalue weighted by Crippen LogP contribution is -1.98. The molecule has 0 saturated carbocycles. The largest absolute Gasteiger partial charge is 0.382 e. The third-order valence-corrected chi connectivity index (χ3v) is 1.37. The average Bonchev–Trinajstić information content (AvgIpc) is 1.85. The molecule has 1 aromatic heterocycles. The molecule has 1 aromatic rings. The number of nitrogens with two attached hydrogens (primary N) is 1. The Morgan fingerprint density at radius 3 is 2.82 bits per heavy atom. The van der Waals surface area contributed by atoms with Crippen LogP contribution in [-0.2, 0) is 6.42 Å². The van der Waals surface area contributed by atoms with Gasteiger partial charge >= 0.3 is 0 Å². The molecule has 2 N–H and O–H groups in total. The van der Waals surface area contributed by atoms with Crippen molar-refractivity contribution in [3.63, 3.8) is 0 Å². The van der Waals surface area contributed by atoms with Gasteiger partial charge in [-0.1, -0.05) is 13.8 Å². The van der Waals surface area contributed by atoms with Crippen LogP contribution in [0.4, 0.5) is 5.82 Å². The summed E-state index contributed by atoms with van der Waals surface area (Å²) in [6, 6.07) is 1.87. The van der Waals surface area contributed by atoms with Gasteiger partial charge in [0.1, 0.15) is 5.82 Å². The maximum Gasteiger partial charge on any atom is 0.146 e. The van der Waals surface area contributed by atoms with Gasteiger partial charge in [-0.05, 0) is 24.0 Å². The van der Waals surface area contributed by atoms with E-state index in [1.807, 2.05) is 6.07 Å². The van der Waals surface area contributed by atoms with Crippen LogP contribution in [0.1, 0.15) is 19.4 Å². The molecule has 0 unspecified atom stereocenters. The van der Waals surface area contributed by atoms with E-state index >= 15 is 0 Å². The van der Waals surface area contributed by atoms with Gasteiger partial charge in [-0.2, -0.15) is 5.10 Å². The predicted octanol–water partition coefficient (Wildman–Crippen LogP) is 1.26. The highest BCUT2D eigenvalue weighted by atomic mass is 15.1. The zero-order valence-electron chi connectivity index (χ0n) is 6.91. The standard InChI is InChI=1S/C8H13N3/c1-6(2)3-7-4-8(9)11-10-5-7/h4-6H,3H2,1-2H3,(H2,9,11). The average molecular weight is 151 g/mol. The first-order valence-electron chi connectivity index (χ1n) is 3.75. The van der Waals surface area contributed by atoms with Gasteiger partial charge in [0, 0.05) is 0 Å². The number of anilines is 1. The third kappa shape index (κ3) is 2.53. The topological polar surface area (TPSA) is 51.8 Å². The fraction of sp³-hybridized carbons (Fsp3) is 0.500. The predicted molar refractivity (Wildman–Crippen MR) is 45.0 cm³/mol. The van der Waals surface area contributed by atoms with E-state index in [1.165, 1.54) is 0 Å². The van der Waals surface area contributed by atoms with E-state index in [4.69, 9.17) is 5.73 Å². The van der Waals surface area contributed by atoms with Gasteiger partial charge in [0.25, 0.3) is 0 Å². The van der Waals surface area contributed by atoms with Crippen LogP contribution in [0.2, 0.25) is 0 Å². The molecular weight excluding hydrogens is 138 g/mol. The fourth-order valence-electron chi connectivity index (χ4n) is 1.01. The maximum atomic E-state index is 5.46. The minimum atomic E-state index is 0.503. The van der Waals surface area contributed by atoms with Crippen LogP contribution in [0.5, 0.6) is 0 Å². The number of aromatic nitrogens is 2. The molecule has 0 atom stereocenters. The summed E-state index contributed by atoms with van der Waals surface area (Å²) in [5.41, 5.74) is 6.62. The van der Waals surface area contributed by atoms with Gasteiger partial charge < -0.3 is 5.73 Å². The van der Waals surface area contributed by atoms with Crippen molar-refractivity contribution in [3.8, 4) is 0 Å². The van der Waals surface area contributed by atoms with Crippen LogP contribution in [0.15, 0.2) is 12.3 Å². The Morgan fingerprint density at radius 2 is 2.27 bits per heavy atom. The van der Waals surface area contributed by atoms with Gasteiger partial charge in [0.15, 0.2) is 0 Å². The molecule has 11 heavy (non-hydrogen) atoms. The van der Waals surface area contributed by atoms with Crippen molar-refractivity contribution < 1.29 is 0 Å². The van der Waals surface area contributed by atoms with Crippen LogP contribution in [0, 0.1) is 5.92 Å². The molecule has 0 fully saturated rings. The lowest BCUT2D eigenvalue weighted by atomic mass is 10.1. The van der Waals surface area contributed by atoms with E-state index in [-0.39, 0.29) is 0 Å². The highest BCUT2D eigenvalue weighted by Crippen LogP contribution is 2.07. The van der Waals surface area contributed by atoms with Crippen LogP contribution in [0.25, 0.3) is 0 Å². The van der Waals surface area contributed by atoms with Gasteiger partial charge in [-0.25, -0.2) is 0 Å². The molecule has 0 aliphatic carbocycles. The first kappa shape index (κ1) is 7.98. The molecule has 0 aliphatic rings. The smallest absolute Gasteiger partial charge is 0.146 e. The lowest BCUT2D eigenvalue weighted by molar-refractivity contribution is 0.644. The van der Waals surface area contributed by atoms with Gasteiger partial charge in [0.05, 0.1) is 6.20 Å². The normalized spacial score (nSPS) is 10.5. The molecule has 3 heteroatoms. The van der Waals surface area contributed by atoms with Gasteiger partial charge in [0.2, 0.25) is 0 Å². The molecule has 3 nitrogen and oxygen atoms in total. The highest BCUT2D eigenvalue weighted by molar-refractivity contribution is 5.29. The number of rotatable bonds is 2. The van der Waals surface area contributed by atoms with Crippen molar-refractivity contribution in [3.05, 3.63) is 17.8 Å². The Morgan fingerprint density at radius 1 is 1.55 bits per heavy atom. The monoisotopic (exact) mass is 151 g/mol. The number of hydrogen-bond donors (Lipinski definition) is 1. The summed E-state index contributed by atoms with van der Waals surface area (Å²) in [7, 11) is 0. The van der Waals surface area contributed by atoms with Crippen molar-refractivity contribution in [2.75, 3.05) is 5.73 Å². The first-order valence-corrected chi connectivity index (χ1v) is 3.75. The summed E-state index contributed by atoms with van der Waals surface area (Å²) < 4.78 is 0. The summed E-state index contributed by atoms with van der Waals surface area (Å²) in [6.45, 7) is 4.33. The molecule has 0 saturated heterocycles. The molecule has 60 valence electrons. The lowest BCUT2D eigenvalue weighted by Gasteiger charge is -2.03. The minimum absolute atomic E-state index is 0.503. The van der Waals surface area contributed by atoms with E-state index in [0.29, 0.717) is 11.7 Å². The second-order valence-electron chi connectivity index (χ2n) is 3.09. The zero-order chi connectivity index (χ0) is 8.27. The molecule has 1 rings (SSSR count). The zero-order valence-corrected chi connectivity index (χ0v) is 6.91. The Hall–Kier alpha value is -1.12. The van der Waals surface area contributed by atoms with Crippen molar-refractivity contribution >= 4 is 5.82 Å². The van der Waals surface area contributed by atoms with Gasteiger partial charge in [-0.15, -0.1) is 5.10 Å². The summed E-state index contributed by atoms with van der Waals surface area (Å²) in [5.74, 6) is 1.14. The molecule has 1 heterocycles. The molecule has 0 radical (unpaired) electrons. The molecule has 0 spiro atoms.